The van der Waals surface area contributed by atoms with E-state index in [9.17, 15) is 14.4 Å². The maximum atomic E-state index is 12.9. The monoisotopic (exact) mass is 581 g/mol. The molecule has 0 radical (unpaired) electrons. The molecule has 2 amide bonds. The second-order valence-corrected chi connectivity index (χ2v) is 13.4. The Morgan fingerprint density at radius 3 is 2.57 bits per heavy atom. The summed E-state index contributed by atoms with van der Waals surface area (Å²) in [5.74, 6) is 1.37. The van der Waals surface area contributed by atoms with Gasteiger partial charge in [0.1, 0.15) is 16.6 Å². The van der Waals surface area contributed by atoms with Crippen molar-refractivity contribution in [1.82, 2.24) is 20.0 Å². The summed E-state index contributed by atoms with van der Waals surface area (Å²) in [6, 6.07) is 0.237. The zero-order valence-corrected chi connectivity index (χ0v) is 25.1. The van der Waals surface area contributed by atoms with E-state index in [1.807, 2.05) is 20.8 Å². The third-order valence-electron chi connectivity index (χ3n) is 8.62. The SMILES string of the molecule is C[C@@H]1[C@@H](C)C(C)(C)[C@@H](C)C[C@H]1Nc1cnn(CC(=O)NC[C@H]2CCN(C(=O)OC(C)(C)C)C2)c(=O)c1Br. The molecule has 0 aromatic carbocycles. The van der Waals surface area contributed by atoms with Gasteiger partial charge < -0.3 is 20.3 Å². The summed E-state index contributed by atoms with van der Waals surface area (Å²) in [6.45, 7) is 18.5. The molecule has 1 saturated carbocycles. The smallest absolute Gasteiger partial charge is 0.410 e. The lowest BCUT2D eigenvalue weighted by Crippen LogP contribution is -2.48. The number of anilines is 1. The van der Waals surface area contributed by atoms with Gasteiger partial charge >= 0.3 is 6.09 Å². The van der Waals surface area contributed by atoms with Crippen molar-refractivity contribution < 1.29 is 14.3 Å². The highest BCUT2D eigenvalue weighted by Crippen LogP contribution is 2.48. The minimum absolute atomic E-state index is 0.145. The first-order valence-electron chi connectivity index (χ1n) is 13.4. The molecule has 5 atom stereocenters. The minimum atomic E-state index is -0.536. The molecule has 1 aromatic rings. The molecule has 2 N–H and O–H groups in total. The Morgan fingerprint density at radius 2 is 1.92 bits per heavy atom. The summed E-state index contributed by atoms with van der Waals surface area (Å²) in [5, 5.41) is 10.7. The molecule has 37 heavy (non-hydrogen) atoms. The number of nitrogens with one attached hydrogen (secondary N) is 2. The lowest BCUT2D eigenvalue weighted by Gasteiger charge is -2.50. The Bertz CT molecular complexity index is 1050. The van der Waals surface area contributed by atoms with Crippen LogP contribution in [0.5, 0.6) is 0 Å². The number of hydrogen-bond donors (Lipinski definition) is 2. The molecule has 2 heterocycles. The van der Waals surface area contributed by atoms with Crippen molar-refractivity contribution in [1.29, 1.82) is 0 Å². The molecule has 2 aliphatic rings. The van der Waals surface area contributed by atoms with Gasteiger partial charge in [-0.25, -0.2) is 9.48 Å². The van der Waals surface area contributed by atoms with Crippen LogP contribution in [-0.2, 0) is 16.1 Å². The Kier molecular flexibility index (Phi) is 9.02. The van der Waals surface area contributed by atoms with Gasteiger partial charge in [-0.1, -0.05) is 34.6 Å². The molecule has 9 nitrogen and oxygen atoms in total. The summed E-state index contributed by atoms with van der Waals surface area (Å²) >= 11 is 3.44. The molecular formula is C27H44BrN5O4. The van der Waals surface area contributed by atoms with Crippen molar-refractivity contribution in [3.05, 3.63) is 21.0 Å². The Labute approximate surface area is 229 Å². The molecular weight excluding hydrogens is 538 g/mol. The van der Waals surface area contributed by atoms with Crippen LogP contribution in [-0.4, -0.2) is 58.0 Å². The van der Waals surface area contributed by atoms with E-state index in [2.05, 4.69) is 66.3 Å². The number of aromatic nitrogens is 2. The summed E-state index contributed by atoms with van der Waals surface area (Å²) < 4.78 is 6.98. The van der Waals surface area contributed by atoms with Gasteiger partial charge in [-0.05, 0) is 78.6 Å². The molecule has 10 heteroatoms. The van der Waals surface area contributed by atoms with Gasteiger partial charge in [0.25, 0.3) is 5.56 Å². The number of carbonyl (C=O) groups excluding carboxylic acids is 2. The van der Waals surface area contributed by atoms with E-state index in [0.29, 0.717) is 47.5 Å². The van der Waals surface area contributed by atoms with Crippen LogP contribution in [0, 0.1) is 29.1 Å². The maximum Gasteiger partial charge on any atom is 0.410 e. The number of halogens is 1. The molecule has 1 saturated heterocycles. The van der Waals surface area contributed by atoms with Crippen molar-refractivity contribution in [3.8, 4) is 0 Å². The quantitative estimate of drug-likeness (QED) is 0.512. The van der Waals surface area contributed by atoms with Crippen molar-refractivity contribution >= 4 is 33.6 Å². The lowest BCUT2D eigenvalue weighted by atomic mass is 9.58. The second kappa shape index (κ2) is 11.3. The Hall–Kier alpha value is -2.10. The van der Waals surface area contributed by atoms with Crippen LogP contribution in [0.3, 0.4) is 0 Å². The molecule has 0 spiro atoms. The predicted octanol–water partition coefficient (Wildman–Crippen LogP) is 4.50. The van der Waals surface area contributed by atoms with E-state index in [-0.39, 0.29) is 41.5 Å². The van der Waals surface area contributed by atoms with Crippen LogP contribution < -0.4 is 16.2 Å². The maximum absolute atomic E-state index is 12.9. The predicted molar refractivity (Wildman–Crippen MR) is 148 cm³/mol. The van der Waals surface area contributed by atoms with Gasteiger partial charge in [0.15, 0.2) is 0 Å². The first-order valence-corrected chi connectivity index (χ1v) is 14.2. The number of likely N-dealkylation sites (tertiary alicyclic amines) is 1. The fourth-order valence-corrected chi connectivity index (χ4v) is 5.81. The molecule has 1 aliphatic carbocycles. The van der Waals surface area contributed by atoms with Crippen molar-refractivity contribution in [2.75, 3.05) is 25.0 Å². The Balaban J connectivity index is 1.54. The van der Waals surface area contributed by atoms with Crippen LogP contribution in [0.1, 0.15) is 68.2 Å². The van der Waals surface area contributed by atoms with E-state index < -0.39 is 5.60 Å². The normalized spacial score (nSPS) is 27.6. The fraction of sp³-hybridized carbons (Fsp3) is 0.778. The highest BCUT2D eigenvalue weighted by atomic mass is 79.9. The summed E-state index contributed by atoms with van der Waals surface area (Å²) in [6.07, 6.45) is 3.10. The largest absolute Gasteiger partial charge is 0.444 e. The van der Waals surface area contributed by atoms with E-state index >= 15 is 0 Å². The van der Waals surface area contributed by atoms with Crippen LogP contribution in [0.4, 0.5) is 10.5 Å². The average Bonchev–Trinajstić information content (AvgIpc) is 3.28. The molecule has 0 unspecified atom stereocenters. The number of rotatable bonds is 6. The number of hydrogen-bond acceptors (Lipinski definition) is 6. The first-order chi connectivity index (χ1) is 17.1. The zero-order valence-electron chi connectivity index (χ0n) is 23.6. The topological polar surface area (TPSA) is 106 Å². The summed E-state index contributed by atoms with van der Waals surface area (Å²) in [5.41, 5.74) is 0.0368. The van der Waals surface area contributed by atoms with Crippen LogP contribution in [0.15, 0.2) is 15.5 Å². The van der Waals surface area contributed by atoms with Crippen molar-refractivity contribution in [3.63, 3.8) is 0 Å². The third-order valence-corrected chi connectivity index (χ3v) is 9.39. The van der Waals surface area contributed by atoms with Gasteiger partial charge in [-0.3, -0.25) is 9.59 Å². The number of nitrogens with zero attached hydrogens (tertiary/aromatic N) is 3. The average molecular weight is 583 g/mol. The minimum Gasteiger partial charge on any atom is -0.444 e. The standard InChI is InChI=1S/C27H44BrN5O4/c1-16-11-20(17(2)18(3)27(16,7)8)31-21-13-30-33(24(35)23(21)28)15-22(34)29-12-19-9-10-32(14-19)25(36)37-26(4,5)6/h13,16-20,31H,9-12,14-15H2,1-8H3,(H,29,34)/t16-,17+,18+,19+,20+/m0/s1. The number of ether oxygens (including phenoxy) is 1. The summed E-state index contributed by atoms with van der Waals surface area (Å²) in [7, 11) is 0. The van der Waals surface area contributed by atoms with Crippen LogP contribution in [0.2, 0.25) is 0 Å². The number of carbonyl (C=O) groups is 2. The van der Waals surface area contributed by atoms with E-state index in [0.717, 1.165) is 12.8 Å². The van der Waals surface area contributed by atoms with E-state index in [4.69, 9.17) is 4.74 Å². The van der Waals surface area contributed by atoms with E-state index in [1.54, 1.807) is 11.1 Å². The first kappa shape index (κ1) is 29.5. The highest BCUT2D eigenvalue weighted by Gasteiger charge is 2.43. The molecule has 1 aromatic heterocycles. The van der Waals surface area contributed by atoms with Crippen LogP contribution in [0.25, 0.3) is 0 Å². The van der Waals surface area contributed by atoms with E-state index in [1.165, 1.54) is 4.68 Å². The van der Waals surface area contributed by atoms with Gasteiger partial charge in [-0.2, -0.15) is 5.10 Å². The Morgan fingerprint density at radius 1 is 1.24 bits per heavy atom. The molecule has 1 aliphatic heterocycles. The third kappa shape index (κ3) is 7.06. The van der Waals surface area contributed by atoms with Gasteiger partial charge in [0.05, 0.1) is 11.9 Å². The fourth-order valence-electron chi connectivity index (χ4n) is 5.38. The lowest BCUT2D eigenvalue weighted by molar-refractivity contribution is -0.122. The van der Waals surface area contributed by atoms with Crippen molar-refractivity contribution in [2.24, 2.45) is 29.1 Å². The van der Waals surface area contributed by atoms with Gasteiger partial charge in [0.2, 0.25) is 5.91 Å². The molecule has 2 fully saturated rings. The van der Waals surface area contributed by atoms with Gasteiger partial charge in [-0.15, -0.1) is 0 Å². The molecule has 208 valence electrons. The summed E-state index contributed by atoms with van der Waals surface area (Å²) in [4.78, 5) is 39.4. The second-order valence-electron chi connectivity index (χ2n) is 12.6. The number of amides is 2. The highest BCUT2D eigenvalue weighted by molar-refractivity contribution is 9.10. The molecule has 3 rings (SSSR count). The van der Waals surface area contributed by atoms with Gasteiger partial charge in [0, 0.05) is 25.7 Å². The molecule has 0 bridgehead atoms. The zero-order chi connectivity index (χ0) is 27.7. The van der Waals surface area contributed by atoms with Crippen molar-refractivity contribution in [2.45, 2.75) is 86.4 Å². The van der Waals surface area contributed by atoms with Crippen LogP contribution >= 0.6 is 15.9 Å².